The third kappa shape index (κ3) is 3.99. The number of nitrogens with zero attached hydrogens (tertiary/aromatic N) is 2. The van der Waals surface area contributed by atoms with Gasteiger partial charge in [0, 0.05) is 18.1 Å². The summed E-state index contributed by atoms with van der Waals surface area (Å²) in [6.07, 6.45) is 1.80. The van der Waals surface area contributed by atoms with Gasteiger partial charge in [0.05, 0.1) is 24.4 Å². The second-order valence-corrected chi connectivity index (χ2v) is 7.18. The van der Waals surface area contributed by atoms with Crippen LogP contribution in [0.1, 0.15) is 35.9 Å². The van der Waals surface area contributed by atoms with E-state index in [0.29, 0.717) is 5.75 Å². The van der Waals surface area contributed by atoms with Crippen molar-refractivity contribution in [3.63, 3.8) is 0 Å². The number of aromatic nitrogens is 2. The third-order valence-corrected chi connectivity index (χ3v) is 5.51. The van der Waals surface area contributed by atoms with Gasteiger partial charge in [0.1, 0.15) is 5.82 Å². The molecule has 1 saturated heterocycles. The third-order valence-electron chi connectivity index (χ3n) is 4.46. The summed E-state index contributed by atoms with van der Waals surface area (Å²) in [5, 5.41) is 11.2. The SMILES string of the molecule is Cc1nc(SCC(O)c2ccc(F)cc2)n(CC2CCCO2)c1C. The number of ether oxygens (including phenoxy) is 1. The first-order valence-corrected chi connectivity index (χ1v) is 9.25. The lowest BCUT2D eigenvalue weighted by molar-refractivity contribution is 0.0944. The maximum Gasteiger partial charge on any atom is 0.168 e. The van der Waals surface area contributed by atoms with E-state index in [9.17, 15) is 9.50 Å². The summed E-state index contributed by atoms with van der Waals surface area (Å²) in [5.74, 6) is 0.185. The van der Waals surface area contributed by atoms with E-state index in [2.05, 4.69) is 16.5 Å². The van der Waals surface area contributed by atoms with Crippen LogP contribution in [0, 0.1) is 19.7 Å². The molecule has 2 unspecified atom stereocenters. The number of aryl methyl sites for hydroxylation is 1. The molecule has 1 aromatic heterocycles. The van der Waals surface area contributed by atoms with Gasteiger partial charge in [-0.25, -0.2) is 9.37 Å². The van der Waals surface area contributed by atoms with Crippen LogP contribution >= 0.6 is 11.8 Å². The lowest BCUT2D eigenvalue weighted by Crippen LogP contribution is -2.17. The van der Waals surface area contributed by atoms with Gasteiger partial charge < -0.3 is 14.4 Å². The fourth-order valence-electron chi connectivity index (χ4n) is 2.88. The van der Waals surface area contributed by atoms with Crippen molar-refractivity contribution in [2.24, 2.45) is 0 Å². The largest absolute Gasteiger partial charge is 0.388 e. The summed E-state index contributed by atoms with van der Waals surface area (Å²) in [7, 11) is 0. The molecule has 2 atom stereocenters. The number of imidazole rings is 1. The van der Waals surface area contributed by atoms with E-state index in [1.807, 2.05) is 6.92 Å². The molecule has 0 saturated carbocycles. The Bertz CT molecular complexity index is 681. The van der Waals surface area contributed by atoms with Crippen LogP contribution in [0.5, 0.6) is 0 Å². The normalized spacial score (nSPS) is 18.9. The molecule has 6 heteroatoms. The second kappa shape index (κ2) is 7.68. The summed E-state index contributed by atoms with van der Waals surface area (Å²) >= 11 is 1.53. The smallest absolute Gasteiger partial charge is 0.168 e. The molecule has 2 heterocycles. The van der Waals surface area contributed by atoms with Crippen LogP contribution in [0.15, 0.2) is 29.4 Å². The fraction of sp³-hybridized carbons (Fsp3) is 0.500. The number of hydrogen-bond donors (Lipinski definition) is 1. The molecule has 0 amide bonds. The van der Waals surface area contributed by atoms with E-state index in [4.69, 9.17) is 4.74 Å². The molecule has 130 valence electrons. The summed E-state index contributed by atoms with van der Waals surface area (Å²) < 4.78 is 20.9. The average molecular weight is 350 g/mol. The Balaban J connectivity index is 1.67. The van der Waals surface area contributed by atoms with Crippen LogP contribution in [0.2, 0.25) is 0 Å². The van der Waals surface area contributed by atoms with Crippen LogP contribution in [0.25, 0.3) is 0 Å². The maximum atomic E-state index is 13.0. The molecular formula is C18H23FN2O2S. The molecule has 0 bridgehead atoms. The molecule has 1 fully saturated rings. The summed E-state index contributed by atoms with van der Waals surface area (Å²) in [4.78, 5) is 4.63. The fourth-order valence-corrected chi connectivity index (χ4v) is 3.94. The summed E-state index contributed by atoms with van der Waals surface area (Å²) in [6.45, 7) is 5.71. The highest BCUT2D eigenvalue weighted by Crippen LogP contribution is 2.27. The molecule has 3 rings (SSSR count). The Hall–Kier alpha value is -1.37. The van der Waals surface area contributed by atoms with Gasteiger partial charge in [-0.2, -0.15) is 0 Å². The molecule has 1 aliphatic rings. The van der Waals surface area contributed by atoms with Crippen molar-refractivity contribution in [2.45, 2.75) is 50.6 Å². The molecular weight excluding hydrogens is 327 g/mol. The Kier molecular flexibility index (Phi) is 5.58. The van der Waals surface area contributed by atoms with E-state index in [0.717, 1.165) is 48.1 Å². The van der Waals surface area contributed by atoms with Gasteiger partial charge in [-0.15, -0.1) is 0 Å². The van der Waals surface area contributed by atoms with Crippen LogP contribution in [0.4, 0.5) is 4.39 Å². The van der Waals surface area contributed by atoms with E-state index < -0.39 is 6.10 Å². The van der Waals surface area contributed by atoms with Gasteiger partial charge in [-0.1, -0.05) is 23.9 Å². The standard InChI is InChI=1S/C18H23FN2O2S/c1-12-13(2)21(10-16-4-3-9-23-16)18(20-12)24-11-17(22)14-5-7-15(19)8-6-14/h5-8,16-17,22H,3-4,9-11H2,1-2H3. The molecule has 2 aromatic rings. The van der Waals surface area contributed by atoms with Gasteiger partial charge in [0.15, 0.2) is 5.16 Å². The summed E-state index contributed by atoms with van der Waals surface area (Å²) in [6, 6.07) is 5.98. The van der Waals surface area contributed by atoms with E-state index in [1.165, 1.54) is 23.9 Å². The number of aliphatic hydroxyl groups excluding tert-OH is 1. The average Bonchev–Trinajstić information content (AvgIpc) is 3.17. The van der Waals surface area contributed by atoms with Crippen LogP contribution < -0.4 is 0 Å². The van der Waals surface area contributed by atoms with Crippen LogP contribution in [0.3, 0.4) is 0 Å². The molecule has 1 N–H and O–H groups in total. The first-order valence-electron chi connectivity index (χ1n) is 8.26. The van der Waals surface area contributed by atoms with Crippen molar-refractivity contribution in [1.82, 2.24) is 9.55 Å². The number of hydrogen-bond acceptors (Lipinski definition) is 4. The monoisotopic (exact) mass is 350 g/mol. The Morgan fingerprint density at radius 2 is 2.12 bits per heavy atom. The Labute approximate surface area is 146 Å². The maximum absolute atomic E-state index is 13.0. The van der Waals surface area contributed by atoms with Crippen LogP contribution in [-0.2, 0) is 11.3 Å². The minimum Gasteiger partial charge on any atom is -0.388 e. The van der Waals surface area contributed by atoms with Gasteiger partial charge in [-0.3, -0.25) is 0 Å². The van der Waals surface area contributed by atoms with Crippen molar-refractivity contribution in [3.05, 3.63) is 47.0 Å². The lowest BCUT2D eigenvalue weighted by atomic mass is 10.1. The number of rotatable bonds is 6. The zero-order valence-electron chi connectivity index (χ0n) is 14.0. The van der Waals surface area contributed by atoms with Gasteiger partial charge in [0.25, 0.3) is 0 Å². The minimum absolute atomic E-state index is 0.249. The van der Waals surface area contributed by atoms with Crippen LogP contribution in [-0.4, -0.2) is 33.1 Å². The quantitative estimate of drug-likeness (QED) is 0.808. The van der Waals surface area contributed by atoms with Gasteiger partial charge in [0.2, 0.25) is 0 Å². The highest BCUT2D eigenvalue weighted by molar-refractivity contribution is 7.99. The van der Waals surface area contributed by atoms with E-state index >= 15 is 0 Å². The highest BCUT2D eigenvalue weighted by atomic mass is 32.2. The molecule has 24 heavy (non-hydrogen) atoms. The van der Waals surface area contributed by atoms with E-state index in [1.54, 1.807) is 12.1 Å². The predicted octanol–water partition coefficient (Wildman–Crippen LogP) is 3.64. The number of thioether (sulfide) groups is 1. The van der Waals surface area contributed by atoms with Gasteiger partial charge in [-0.05, 0) is 44.4 Å². The predicted molar refractivity (Wildman–Crippen MR) is 92.8 cm³/mol. The van der Waals surface area contributed by atoms with Crippen molar-refractivity contribution in [1.29, 1.82) is 0 Å². The van der Waals surface area contributed by atoms with E-state index in [-0.39, 0.29) is 11.9 Å². The van der Waals surface area contributed by atoms with Crippen molar-refractivity contribution in [3.8, 4) is 0 Å². The van der Waals surface area contributed by atoms with Gasteiger partial charge >= 0.3 is 0 Å². The van der Waals surface area contributed by atoms with Crippen molar-refractivity contribution >= 4 is 11.8 Å². The zero-order chi connectivity index (χ0) is 17.1. The highest BCUT2D eigenvalue weighted by Gasteiger charge is 2.21. The number of halogens is 1. The van der Waals surface area contributed by atoms with Crippen molar-refractivity contribution < 1.29 is 14.2 Å². The molecule has 1 aliphatic heterocycles. The Morgan fingerprint density at radius 3 is 2.79 bits per heavy atom. The number of benzene rings is 1. The lowest BCUT2D eigenvalue weighted by Gasteiger charge is -2.15. The Morgan fingerprint density at radius 1 is 1.38 bits per heavy atom. The second-order valence-electron chi connectivity index (χ2n) is 6.19. The zero-order valence-corrected chi connectivity index (χ0v) is 14.9. The molecule has 4 nitrogen and oxygen atoms in total. The molecule has 0 aliphatic carbocycles. The van der Waals surface area contributed by atoms with Crippen molar-refractivity contribution in [2.75, 3.05) is 12.4 Å². The minimum atomic E-state index is -0.649. The first kappa shape index (κ1) is 17.5. The molecule has 1 aromatic carbocycles. The molecule has 0 radical (unpaired) electrons. The number of aliphatic hydroxyl groups is 1. The molecule has 0 spiro atoms. The topological polar surface area (TPSA) is 47.3 Å². The first-order chi connectivity index (χ1) is 11.5. The summed E-state index contributed by atoms with van der Waals surface area (Å²) in [5.41, 5.74) is 2.87.